The molecule has 0 atom stereocenters. The average Bonchev–Trinajstić information content (AvgIpc) is 2.54. The van der Waals surface area contributed by atoms with Crippen LogP contribution >= 0.6 is 0 Å². The van der Waals surface area contributed by atoms with Crippen molar-refractivity contribution in [3.8, 4) is 0 Å². The van der Waals surface area contributed by atoms with Crippen LogP contribution in [-0.4, -0.2) is 17.4 Å². The Labute approximate surface area is 83.8 Å². The first kappa shape index (κ1) is 9.00. The summed E-state index contributed by atoms with van der Waals surface area (Å²) in [4.78, 5) is 13.6. The lowest BCUT2D eigenvalue weighted by Gasteiger charge is -2.11. The fourth-order valence-corrected chi connectivity index (χ4v) is 1.69. The summed E-state index contributed by atoms with van der Waals surface area (Å²) >= 11 is 0. The molecular weight excluding hydrogens is 174 g/mol. The third-order valence-corrected chi connectivity index (χ3v) is 2.46. The molecule has 1 heterocycles. The Hall–Kier alpha value is -1.57. The van der Waals surface area contributed by atoms with Gasteiger partial charge in [-0.2, -0.15) is 0 Å². The second-order valence-electron chi connectivity index (χ2n) is 3.41. The van der Waals surface area contributed by atoms with Crippen molar-refractivity contribution < 1.29 is 4.79 Å². The number of benzene rings is 1. The van der Waals surface area contributed by atoms with Gasteiger partial charge >= 0.3 is 0 Å². The number of carbonyl (C=O) groups is 1. The standard InChI is InChI=1S/C12H13NO/c1-2-3-8-13-9-10-6-4-5-7-11(10)12(13)14/h2-7H,8-9H2,1H3/b3-2+. The summed E-state index contributed by atoms with van der Waals surface area (Å²) in [6.07, 6.45) is 3.97. The van der Waals surface area contributed by atoms with Gasteiger partial charge in [-0.3, -0.25) is 4.79 Å². The predicted molar refractivity (Wildman–Crippen MR) is 56.0 cm³/mol. The van der Waals surface area contributed by atoms with Crippen molar-refractivity contribution in [1.29, 1.82) is 0 Å². The van der Waals surface area contributed by atoms with E-state index >= 15 is 0 Å². The second-order valence-corrected chi connectivity index (χ2v) is 3.41. The Bertz CT molecular complexity index is 382. The highest BCUT2D eigenvalue weighted by molar-refractivity contribution is 5.98. The Balaban J connectivity index is 2.21. The highest BCUT2D eigenvalue weighted by Gasteiger charge is 2.25. The van der Waals surface area contributed by atoms with E-state index in [4.69, 9.17) is 0 Å². The van der Waals surface area contributed by atoms with Crippen LogP contribution in [0.3, 0.4) is 0 Å². The zero-order chi connectivity index (χ0) is 9.97. The van der Waals surface area contributed by atoms with Gasteiger partial charge in [-0.15, -0.1) is 0 Å². The normalized spacial score (nSPS) is 15.2. The summed E-state index contributed by atoms with van der Waals surface area (Å²) in [6.45, 7) is 3.43. The predicted octanol–water partition coefficient (Wildman–Crippen LogP) is 2.22. The van der Waals surface area contributed by atoms with Gasteiger partial charge in [0.1, 0.15) is 0 Å². The van der Waals surface area contributed by atoms with Crippen LogP contribution in [0.1, 0.15) is 22.8 Å². The number of amides is 1. The first-order valence-corrected chi connectivity index (χ1v) is 4.81. The number of fused-ring (bicyclic) bond motifs is 1. The van der Waals surface area contributed by atoms with Crippen molar-refractivity contribution in [2.75, 3.05) is 6.54 Å². The molecule has 1 amide bonds. The Morgan fingerprint density at radius 3 is 2.93 bits per heavy atom. The van der Waals surface area contributed by atoms with Crippen LogP contribution in [0.2, 0.25) is 0 Å². The molecular formula is C12H13NO. The minimum Gasteiger partial charge on any atom is -0.331 e. The summed E-state index contributed by atoms with van der Waals surface area (Å²) in [5.41, 5.74) is 2.00. The van der Waals surface area contributed by atoms with Gasteiger partial charge in [0.05, 0.1) is 0 Å². The summed E-state index contributed by atoms with van der Waals surface area (Å²) in [5, 5.41) is 0. The first-order valence-electron chi connectivity index (χ1n) is 4.81. The fourth-order valence-electron chi connectivity index (χ4n) is 1.69. The minimum absolute atomic E-state index is 0.152. The number of hydrogen-bond acceptors (Lipinski definition) is 1. The molecule has 2 nitrogen and oxygen atoms in total. The van der Waals surface area contributed by atoms with E-state index in [1.807, 2.05) is 48.2 Å². The van der Waals surface area contributed by atoms with E-state index in [1.54, 1.807) is 0 Å². The highest BCUT2D eigenvalue weighted by Crippen LogP contribution is 2.21. The van der Waals surface area contributed by atoms with Crippen LogP contribution in [-0.2, 0) is 6.54 Å². The van der Waals surface area contributed by atoms with Crippen LogP contribution in [0.4, 0.5) is 0 Å². The molecule has 0 fully saturated rings. The lowest BCUT2D eigenvalue weighted by atomic mass is 10.1. The maximum absolute atomic E-state index is 11.8. The summed E-state index contributed by atoms with van der Waals surface area (Å²) in [5.74, 6) is 0.152. The maximum atomic E-state index is 11.8. The van der Waals surface area contributed by atoms with Crippen LogP contribution in [0, 0.1) is 0 Å². The van der Waals surface area contributed by atoms with Gasteiger partial charge in [-0.05, 0) is 18.6 Å². The molecule has 72 valence electrons. The van der Waals surface area contributed by atoms with E-state index in [-0.39, 0.29) is 5.91 Å². The molecule has 0 unspecified atom stereocenters. The Kier molecular flexibility index (Phi) is 2.35. The molecule has 0 N–H and O–H groups in total. The maximum Gasteiger partial charge on any atom is 0.254 e. The van der Waals surface area contributed by atoms with Crippen molar-refractivity contribution in [1.82, 2.24) is 4.90 Å². The van der Waals surface area contributed by atoms with Gasteiger partial charge in [0.2, 0.25) is 0 Å². The zero-order valence-corrected chi connectivity index (χ0v) is 8.23. The van der Waals surface area contributed by atoms with E-state index in [2.05, 4.69) is 0 Å². The van der Waals surface area contributed by atoms with Crippen LogP contribution in [0.15, 0.2) is 36.4 Å². The van der Waals surface area contributed by atoms with E-state index in [9.17, 15) is 4.79 Å². The monoisotopic (exact) mass is 187 g/mol. The molecule has 0 aliphatic carbocycles. The van der Waals surface area contributed by atoms with E-state index < -0.39 is 0 Å². The molecule has 1 aromatic rings. The number of hydrogen-bond donors (Lipinski definition) is 0. The van der Waals surface area contributed by atoms with Gasteiger partial charge < -0.3 is 4.90 Å². The van der Waals surface area contributed by atoms with Gasteiger partial charge in [-0.25, -0.2) is 0 Å². The van der Waals surface area contributed by atoms with Crippen molar-refractivity contribution in [3.63, 3.8) is 0 Å². The molecule has 2 heteroatoms. The van der Waals surface area contributed by atoms with Crippen molar-refractivity contribution in [3.05, 3.63) is 47.5 Å². The molecule has 0 saturated carbocycles. The molecule has 0 spiro atoms. The lowest BCUT2D eigenvalue weighted by molar-refractivity contribution is 0.0796. The van der Waals surface area contributed by atoms with Crippen LogP contribution < -0.4 is 0 Å². The summed E-state index contributed by atoms with van der Waals surface area (Å²) in [7, 11) is 0. The highest BCUT2D eigenvalue weighted by atomic mass is 16.2. The van der Waals surface area contributed by atoms with E-state index in [0.29, 0.717) is 6.54 Å². The second kappa shape index (κ2) is 3.66. The van der Waals surface area contributed by atoms with Crippen LogP contribution in [0.25, 0.3) is 0 Å². The molecule has 1 aliphatic rings. The third kappa shape index (κ3) is 1.43. The first-order chi connectivity index (χ1) is 6.83. The SMILES string of the molecule is C/C=C/CN1Cc2ccccc2C1=O. The smallest absolute Gasteiger partial charge is 0.254 e. The third-order valence-electron chi connectivity index (χ3n) is 2.46. The summed E-state index contributed by atoms with van der Waals surface area (Å²) < 4.78 is 0. The van der Waals surface area contributed by atoms with Gasteiger partial charge in [-0.1, -0.05) is 30.4 Å². The van der Waals surface area contributed by atoms with E-state index in [1.165, 1.54) is 0 Å². The largest absolute Gasteiger partial charge is 0.331 e. The van der Waals surface area contributed by atoms with Crippen molar-refractivity contribution in [2.24, 2.45) is 0 Å². The number of rotatable bonds is 2. The fraction of sp³-hybridized carbons (Fsp3) is 0.250. The molecule has 0 radical (unpaired) electrons. The number of carbonyl (C=O) groups excluding carboxylic acids is 1. The molecule has 0 bridgehead atoms. The number of allylic oxidation sites excluding steroid dienone is 1. The number of nitrogens with zero attached hydrogens (tertiary/aromatic N) is 1. The lowest BCUT2D eigenvalue weighted by Crippen LogP contribution is -2.23. The Morgan fingerprint density at radius 2 is 2.21 bits per heavy atom. The van der Waals surface area contributed by atoms with Crippen molar-refractivity contribution >= 4 is 5.91 Å². The van der Waals surface area contributed by atoms with Gasteiger partial charge in [0.25, 0.3) is 5.91 Å². The molecule has 14 heavy (non-hydrogen) atoms. The Morgan fingerprint density at radius 1 is 1.43 bits per heavy atom. The molecule has 1 aromatic carbocycles. The molecule has 1 aliphatic heterocycles. The van der Waals surface area contributed by atoms with Crippen molar-refractivity contribution in [2.45, 2.75) is 13.5 Å². The topological polar surface area (TPSA) is 20.3 Å². The van der Waals surface area contributed by atoms with Gasteiger partial charge in [0, 0.05) is 18.7 Å². The van der Waals surface area contributed by atoms with E-state index in [0.717, 1.165) is 17.7 Å². The summed E-state index contributed by atoms with van der Waals surface area (Å²) in [6, 6.07) is 7.80. The van der Waals surface area contributed by atoms with Crippen LogP contribution in [0.5, 0.6) is 0 Å². The minimum atomic E-state index is 0.152. The average molecular weight is 187 g/mol. The van der Waals surface area contributed by atoms with Gasteiger partial charge in [0.15, 0.2) is 0 Å². The molecule has 0 aromatic heterocycles. The molecule has 0 saturated heterocycles. The zero-order valence-electron chi connectivity index (χ0n) is 8.23. The molecule has 2 rings (SSSR count). The quantitative estimate of drug-likeness (QED) is 0.650.